The van der Waals surface area contributed by atoms with E-state index in [1.807, 2.05) is 37.5 Å². The van der Waals surface area contributed by atoms with Crippen molar-refractivity contribution in [3.63, 3.8) is 0 Å². The topological polar surface area (TPSA) is 38.0 Å². The van der Waals surface area contributed by atoms with E-state index in [1.54, 1.807) is 4.68 Å². The van der Waals surface area contributed by atoms with Gasteiger partial charge in [-0.3, -0.25) is 4.68 Å². The number of aromatic nitrogens is 2. The average Bonchev–Trinajstić information content (AvgIpc) is 2.71. The first kappa shape index (κ1) is 15.1. The molecule has 2 aromatic rings. The smallest absolute Gasteiger partial charge is 0.0863 e. The number of hydrogen-bond donors (Lipinski definition) is 1. The van der Waals surface area contributed by atoms with Gasteiger partial charge >= 0.3 is 0 Å². The Kier molecular flexibility index (Phi) is 4.21. The van der Waals surface area contributed by atoms with Gasteiger partial charge in [0.05, 0.1) is 11.8 Å². The van der Waals surface area contributed by atoms with E-state index in [0.717, 1.165) is 16.8 Å². The molecule has 1 heterocycles. The maximum Gasteiger partial charge on any atom is 0.0863 e. The van der Waals surface area contributed by atoms with E-state index < -0.39 is 6.10 Å². The molecule has 0 aliphatic heterocycles. The first-order valence-corrected chi connectivity index (χ1v) is 7.11. The molecule has 3 nitrogen and oxygen atoms in total. The Bertz CT molecular complexity index is 599. The molecule has 108 valence electrons. The molecule has 0 amide bonds. The maximum absolute atomic E-state index is 10.5. The largest absolute Gasteiger partial charge is 0.388 e. The van der Waals surface area contributed by atoms with Crippen LogP contribution in [0.15, 0.2) is 30.5 Å². The van der Waals surface area contributed by atoms with Crippen LogP contribution in [-0.2, 0) is 18.9 Å². The van der Waals surface area contributed by atoms with Crippen LogP contribution < -0.4 is 0 Å². The molecule has 0 bridgehead atoms. The second kappa shape index (κ2) is 5.58. The van der Waals surface area contributed by atoms with Gasteiger partial charge in [0, 0.05) is 35.7 Å². The quantitative estimate of drug-likeness (QED) is 0.938. The monoisotopic (exact) mass is 292 g/mol. The van der Waals surface area contributed by atoms with Crippen molar-refractivity contribution in [3.8, 4) is 0 Å². The highest BCUT2D eigenvalue weighted by molar-refractivity contribution is 6.30. The highest BCUT2D eigenvalue weighted by Gasteiger charge is 2.25. The van der Waals surface area contributed by atoms with Crippen LogP contribution >= 0.6 is 11.6 Å². The molecule has 0 saturated heterocycles. The molecule has 20 heavy (non-hydrogen) atoms. The molecule has 0 radical (unpaired) electrons. The second-order valence-corrected chi connectivity index (χ2v) is 6.64. The van der Waals surface area contributed by atoms with Crippen molar-refractivity contribution in [2.24, 2.45) is 7.05 Å². The van der Waals surface area contributed by atoms with Gasteiger partial charge in [0.25, 0.3) is 0 Å². The molecule has 4 heteroatoms. The van der Waals surface area contributed by atoms with Gasteiger partial charge in [0.2, 0.25) is 0 Å². The van der Waals surface area contributed by atoms with Crippen LogP contribution in [0.1, 0.15) is 43.7 Å². The Morgan fingerprint density at radius 1 is 1.35 bits per heavy atom. The minimum atomic E-state index is -0.573. The number of halogens is 1. The fourth-order valence-corrected chi connectivity index (χ4v) is 2.54. The van der Waals surface area contributed by atoms with Gasteiger partial charge < -0.3 is 5.11 Å². The molecule has 0 aliphatic rings. The summed E-state index contributed by atoms with van der Waals surface area (Å²) in [6.07, 6.45) is 1.86. The molecular formula is C16H21ClN2O. The van der Waals surface area contributed by atoms with Crippen molar-refractivity contribution in [1.29, 1.82) is 0 Å². The molecule has 2 rings (SSSR count). The van der Waals surface area contributed by atoms with E-state index in [4.69, 9.17) is 11.6 Å². The normalized spacial score (nSPS) is 13.5. The van der Waals surface area contributed by atoms with Crippen molar-refractivity contribution in [1.82, 2.24) is 9.78 Å². The Labute approximate surface area is 125 Å². The summed E-state index contributed by atoms with van der Waals surface area (Å²) in [5, 5.41) is 15.7. The zero-order chi connectivity index (χ0) is 14.9. The Morgan fingerprint density at radius 2 is 2.05 bits per heavy atom. The Morgan fingerprint density at radius 3 is 2.65 bits per heavy atom. The van der Waals surface area contributed by atoms with E-state index in [9.17, 15) is 5.11 Å². The first-order valence-electron chi connectivity index (χ1n) is 6.74. The van der Waals surface area contributed by atoms with Gasteiger partial charge in [-0.25, -0.2) is 0 Å². The number of hydrogen-bond acceptors (Lipinski definition) is 2. The fraction of sp³-hybridized carbons (Fsp3) is 0.438. The SMILES string of the molecule is Cn1cc(C(O)Cc2cccc(Cl)c2)c(C(C)(C)C)n1. The molecule has 0 fully saturated rings. The summed E-state index contributed by atoms with van der Waals surface area (Å²) in [6.45, 7) is 6.31. The van der Waals surface area contributed by atoms with Gasteiger partial charge in [-0.05, 0) is 17.7 Å². The van der Waals surface area contributed by atoms with E-state index in [-0.39, 0.29) is 5.41 Å². The van der Waals surface area contributed by atoms with Crippen molar-refractivity contribution in [2.45, 2.75) is 38.7 Å². The summed E-state index contributed by atoms with van der Waals surface area (Å²) in [5.74, 6) is 0. The van der Waals surface area contributed by atoms with Gasteiger partial charge in [0.1, 0.15) is 0 Å². The molecule has 1 N–H and O–H groups in total. The molecule has 1 aromatic carbocycles. The first-order chi connectivity index (χ1) is 9.27. The third kappa shape index (κ3) is 3.41. The Balaban J connectivity index is 2.28. The fourth-order valence-electron chi connectivity index (χ4n) is 2.33. The summed E-state index contributed by atoms with van der Waals surface area (Å²) in [7, 11) is 1.88. The lowest BCUT2D eigenvalue weighted by molar-refractivity contribution is 0.176. The lowest BCUT2D eigenvalue weighted by Crippen LogP contribution is -2.17. The predicted molar refractivity (Wildman–Crippen MR) is 82.0 cm³/mol. The number of nitrogens with zero attached hydrogens (tertiary/aromatic N) is 2. The predicted octanol–water partition coefficient (Wildman–Crippen LogP) is 3.65. The summed E-state index contributed by atoms with van der Waals surface area (Å²) in [5.41, 5.74) is 2.76. The van der Waals surface area contributed by atoms with Gasteiger partial charge in [-0.1, -0.05) is 44.5 Å². The third-order valence-corrected chi connectivity index (χ3v) is 3.48. The molecule has 1 unspecified atom stereocenters. The van der Waals surface area contributed by atoms with Crippen LogP contribution in [0.5, 0.6) is 0 Å². The molecule has 0 saturated carbocycles. The van der Waals surface area contributed by atoms with Crippen molar-refractivity contribution >= 4 is 11.6 Å². The van der Waals surface area contributed by atoms with Gasteiger partial charge in [-0.15, -0.1) is 0 Å². The number of rotatable bonds is 3. The number of aliphatic hydroxyl groups excluding tert-OH is 1. The maximum atomic E-state index is 10.5. The minimum Gasteiger partial charge on any atom is -0.388 e. The van der Waals surface area contributed by atoms with E-state index in [1.165, 1.54) is 0 Å². The summed E-state index contributed by atoms with van der Waals surface area (Å²) in [4.78, 5) is 0. The number of aliphatic hydroxyl groups is 1. The van der Waals surface area contributed by atoms with Crippen molar-refractivity contribution in [2.75, 3.05) is 0 Å². The third-order valence-electron chi connectivity index (χ3n) is 3.24. The lowest BCUT2D eigenvalue weighted by atomic mass is 9.87. The summed E-state index contributed by atoms with van der Waals surface area (Å²) >= 11 is 5.98. The summed E-state index contributed by atoms with van der Waals surface area (Å²) in [6, 6.07) is 7.60. The van der Waals surface area contributed by atoms with Crippen LogP contribution in [0.2, 0.25) is 5.02 Å². The zero-order valence-corrected chi connectivity index (χ0v) is 13.1. The summed E-state index contributed by atoms with van der Waals surface area (Å²) < 4.78 is 1.76. The van der Waals surface area contributed by atoms with Crippen LogP contribution in [0.4, 0.5) is 0 Å². The lowest BCUT2D eigenvalue weighted by Gasteiger charge is -2.20. The minimum absolute atomic E-state index is 0.0914. The van der Waals surface area contributed by atoms with E-state index in [2.05, 4.69) is 25.9 Å². The number of aryl methyl sites for hydroxylation is 1. The van der Waals surface area contributed by atoms with Crippen molar-refractivity contribution < 1.29 is 5.11 Å². The van der Waals surface area contributed by atoms with Crippen molar-refractivity contribution in [3.05, 3.63) is 52.3 Å². The molecular weight excluding hydrogens is 272 g/mol. The van der Waals surface area contributed by atoms with Crippen LogP contribution in [-0.4, -0.2) is 14.9 Å². The van der Waals surface area contributed by atoms with Crippen LogP contribution in [0.3, 0.4) is 0 Å². The van der Waals surface area contributed by atoms with Crippen LogP contribution in [0, 0.1) is 0 Å². The average molecular weight is 293 g/mol. The van der Waals surface area contributed by atoms with Crippen LogP contribution in [0.25, 0.3) is 0 Å². The standard InChI is InChI=1S/C16H21ClN2O/c1-16(2,3)15-13(10-19(4)18-15)14(20)9-11-6-5-7-12(17)8-11/h5-8,10,14,20H,9H2,1-4H3. The molecule has 1 atom stereocenters. The number of benzene rings is 1. The Hall–Kier alpha value is -1.32. The highest BCUT2D eigenvalue weighted by atomic mass is 35.5. The molecule has 0 aliphatic carbocycles. The molecule has 1 aromatic heterocycles. The van der Waals surface area contributed by atoms with E-state index in [0.29, 0.717) is 11.4 Å². The van der Waals surface area contributed by atoms with Gasteiger partial charge in [-0.2, -0.15) is 5.10 Å². The zero-order valence-electron chi connectivity index (χ0n) is 12.4. The van der Waals surface area contributed by atoms with E-state index >= 15 is 0 Å². The van der Waals surface area contributed by atoms with Gasteiger partial charge in [0.15, 0.2) is 0 Å². The molecule has 0 spiro atoms. The highest BCUT2D eigenvalue weighted by Crippen LogP contribution is 2.30. The second-order valence-electron chi connectivity index (χ2n) is 6.21.